The monoisotopic (exact) mass is 329 g/mol. The van der Waals surface area contributed by atoms with Crippen LogP contribution in [0.4, 0.5) is 0 Å². The van der Waals surface area contributed by atoms with E-state index >= 15 is 0 Å². The van der Waals surface area contributed by atoms with Crippen LogP contribution in [0.3, 0.4) is 0 Å². The largest absolute Gasteiger partial charge is 0.349 e. The zero-order valence-electron chi connectivity index (χ0n) is 13.1. The van der Waals surface area contributed by atoms with Crippen molar-refractivity contribution in [1.82, 2.24) is 24.9 Å². The van der Waals surface area contributed by atoms with E-state index in [1.54, 1.807) is 22.2 Å². The Bertz CT molecular complexity index is 881. The van der Waals surface area contributed by atoms with Gasteiger partial charge in [-0.1, -0.05) is 19.8 Å². The summed E-state index contributed by atoms with van der Waals surface area (Å²) in [6, 6.07) is 0. The number of nitrogens with one attached hydrogen (secondary N) is 1. The van der Waals surface area contributed by atoms with Gasteiger partial charge in [0.05, 0.1) is 5.39 Å². The molecule has 23 heavy (non-hydrogen) atoms. The van der Waals surface area contributed by atoms with Crippen molar-refractivity contribution >= 4 is 33.1 Å². The van der Waals surface area contributed by atoms with Crippen LogP contribution in [0, 0.1) is 0 Å². The molecule has 120 valence electrons. The highest BCUT2D eigenvalue weighted by Gasteiger charge is 2.22. The summed E-state index contributed by atoms with van der Waals surface area (Å²) >= 11 is 1.75. The maximum Gasteiger partial charge on any atom is 0.290 e. The zero-order valence-corrected chi connectivity index (χ0v) is 13.9. The molecule has 3 aromatic rings. The molecule has 1 N–H and O–H groups in total. The molecule has 0 aromatic carbocycles. The molecule has 0 saturated carbocycles. The fraction of sp³-hybridized carbons (Fsp3) is 0.500. The highest BCUT2D eigenvalue weighted by atomic mass is 32.1. The molecular formula is C16H19N5OS. The zero-order chi connectivity index (χ0) is 15.8. The number of hydrogen-bond donors (Lipinski definition) is 1. The number of thiophene rings is 1. The molecular weight excluding hydrogens is 310 g/mol. The maximum atomic E-state index is 12.2. The Balaban J connectivity index is 1.67. The average molecular weight is 329 g/mol. The number of amides is 1. The van der Waals surface area contributed by atoms with Crippen molar-refractivity contribution in [2.45, 2.75) is 45.4 Å². The van der Waals surface area contributed by atoms with Gasteiger partial charge in [0.1, 0.15) is 11.2 Å². The van der Waals surface area contributed by atoms with Crippen LogP contribution in [0.2, 0.25) is 0 Å². The lowest BCUT2D eigenvalue weighted by Gasteiger charge is -2.00. The van der Waals surface area contributed by atoms with Gasteiger partial charge in [0, 0.05) is 11.4 Å². The molecule has 7 heteroatoms. The molecule has 0 spiro atoms. The van der Waals surface area contributed by atoms with E-state index in [-0.39, 0.29) is 11.7 Å². The molecule has 1 aliphatic rings. The molecule has 0 aliphatic heterocycles. The lowest BCUT2D eigenvalue weighted by molar-refractivity contribution is 0.0943. The van der Waals surface area contributed by atoms with Gasteiger partial charge in [0.2, 0.25) is 5.82 Å². The van der Waals surface area contributed by atoms with Crippen LogP contribution in [0.25, 0.3) is 15.9 Å². The van der Waals surface area contributed by atoms with Crippen LogP contribution < -0.4 is 5.32 Å². The van der Waals surface area contributed by atoms with Crippen molar-refractivity contribution < 1.29 is 4.79 Å². The van der Waals surface area contributed by atoms with E-state index in [0.717, 1.165) is 48.0 Å². The number of fused-ring (bicyclic) bond motifs is 5. The third-order valence-corrected chi connectivity index (χ3v) is 5.51. The van der Waals surface area contributed by atoms with E-state index in [1.165, 1.54) is 16.9 Å². The number of rotatable bonds is 5. The smallest absolute Gasteiger partial charge is 0.290 e. The quantitative estimate of drug-likeness (QED) is 0.731. The number of unbranched alkanes of at least 4 members (excludes halogenated alkanes) is 2. The molecule has 0 bridgehead atoms. The van der Waals surface area contributed by atoms with Crippen LogP contribution >= 0.6 is 11.3 Å². The van der Waals surface area contributed by atoms with Gasteiger partial charge in [-0.2, -0.15) is 0 Å². The number of aryl methyl sites for hydroxylation is 2. The number of nitrogens with zero attached hydrogens (tertiary/aromatic N) is 4. The summed E-state index contributed by atoms with van der Waals surface area (Å²) in [5.41, 5.74) is 2.11. The minimum atomic E-state index is -0.204. The number of carbonyl (C=O) groups is 1. The van der Waals surface area contributed by atoms with Gasteiger partial charge in [-0.05, 0) is 31.2 Å². The molecule has 0 radical (unpaired) electrons. The first-order chi connectivity index (χ1) is 11.3. The molecule has 3 aromatic heterocycles. The maximum absolute atomic E-state index is 12.2. The Morgan fingerprint density at radius 2 is 2.30 bits per heavy atom. The van der Waals surface area contributed by atoms with Gasteiger partial charge in [-0.25, -0.2) is 14.5 Å². The Labute approximate surface area is 137 Å². The number of carbonyl (C=O) groups excluding carboxylic acids is 1. The summed E-state index contributed by atoms with van der Waals surface area (Å²) in [4.78, 5) is 23.6. The van der Waals surface area contributed by atoms with Gasteiger partial charge in [0.15, 0.2) is 5.65 Å². The Kier molecular flexibility index (Phi) is 3.72. The summed E-state index contributed by atoms with van der Waals surface area (Å²) in [5, 5.41) is 8.28. The fourth-order valence-corrected chi connectivity index (χ4v) is 4.37. The van der Waals surface area contributed by atoms with Crippen molar-refractivity contribution in [2.24, 2.45) is 0 Å². The predicted octanol–water partition coefficient (Wildman–Crippen LogP) is 2.75. The number of hydrogen-bond acceptors (Lipinski definition) is 5. The van der Waals surface area contributed by atoms with Crippen molar-refractivity contribution in [2.75, 3.05) is 6.54 Å². The standard InChI is InChI=1S/C16H19N5OS/c1-2-3-4-8-17-15(22)13-19-14-12-10-6-5-7-11(10)23-16(12)18-9-21(14)20-13/h9H,2-8H2,1H3,(H,17,22). The van der Waals surface area contributed by atoms with Crippen LogP contribution in [0.1, 0.15) is 53.7 Å². The molecule has 1 aliphatic carbocycles. The van der Waals surface area contributed by atoms with E-state index in [0.29, 0.717) is 6.54 Å². The van der Waals surface area contributed by atoms with E-state index in [4.69, 9.17) is 0 Å². The molecule has 6 nitrogen and oxygen atoms in total. The van der Waals surface area contributed by atoms with Gasteiger partial charge < -0.3 is 5.32 Å². The van der Waals surface area contributed by atoms with Crippen LogP contribution in [0.5, 0.6) is 0 Å². The van der Waals surface area contributed by atoms with Crippen LogP contribution in [0.15, 0.2) is 6.33 Å². The Morgan fingerprint density at radius 1 is 1.39 bits per heavy atom. The average Bonchev–Trinajstić information content (AvgIpc) is 3.23. The second kappa shape index (κ2) is 5.88. The number of aromatic nitrogens is 4. The van der Waals surface area contributed by atoms with Gasteiger partial charge in [-0.3, -0.25) is 4.79 Å². The fourth-order valence-electron chi connectivity index (χ4n) is 3.14. The first kappa shape index (κ1) is 14.6. The first-order valence-corrected chi connectivity index (χ1v) is 9.03. The van der Waals surface area contributed by atoms with Crippen molar-refractivity contribution in [3.05, 3.63) is 22.6 Å². The van der Waals surface area contributed by atoms with Gasteiger partial charge in [0.25, 0.3) is 5.91 Å². The lowest BCUT2D eigenvalue weighted by Crippen LogP contribution is -2.25. The molecule has 1 amide bonds. The summed E-state index contributed by atoms with van der Waals surface area (Å²) in [6.45, 7) is 2.81. The molecule has 0 atom stereocenters. The second-order valence-electron chi connectivity index (χ2n) is 5.95. The van der Waals surface area contributed by atoms with E-state index in [9.17, 15) is 4.79 Å². The Morgan fingerprint density at radius 3 is 3.17 bits per heavy atom. The summed E-state index contributed by atoms with van der Waals surface area (Å²) in [6.07, 6.45) is 8.28. The molecule has 4 rings (SSSR count). The minimum Gasteiger partial charge on any atom is -0.349 e. The molecule has 0 unspecified atom stereocenters. The molecule has 3 heterocycles. The second-order valence-corrected chi connectivity index (χ2v) is 7.03. The highest BCUT2D eigenvalue weighted by molar-refractivity contribution is 7.19. The first-order valence-electron chi connectivity index (χ1n) is 8.21. The third kappa shape index (κ3) is 2.49. The highest BCUT2D eigenvalue weighted by Crippen LogP contribution is 2.37. The van der Waals surface area contributed by atoms with Crippen molar-refractivity contribution in [1.29, 1.82) is 0 Å². The predicted molar refractivity (Wildman–Crippen MR) is 90.0 cm³/mol. The summed E-state index contributed by atoms with van der Waals surface area (Å²) in [7, 11) is 0. The summed E-state index contributed by atoms with van der Waals surface area (Å²) < 4.78 is 1.63. The van der Waals surface area contributed by atoms with Crippen molar-refractivity contribution in [3.63, 3.8) is 0 Å². The van der Waals surface area contributed by atoms with Gasteiger partial charge in [-0.15, -0.1) is 16.4 Å². The molecule has 0 fully saturated rings. The van der Waals surface area contributed by atoms with E-state index < -0.39 is 0 Å². The van der Waals surface area contributed by atoms with E-state index in [2.05, 4.69) is 27.3 Å². The third-order valence-electron chi connectivity index (χ3n) is 4.31. The topological polar surface area (TPSA) is 72.2 Å². The minimum absolute atomic E-state index is 0.204. The SMILES string of the molecule is CCCCCNC(=O)c1nc2c3c4c(sc3ncn2n1)CCC4. The molecule has 0 saturated heterocycles. The van der Waals surface area contributed by atoms with Gasteiger partial charge >= 0.3 is 0 Å². The van der Waals surface area contributed by atoms with E-state index in [1.807, 2.05) is 0 Å². The lowest BCUT2D eigenvalue weighted by atomic mass is 10.2. The summed E-state index contributed by atoms with van der Waals surface area (Å²) in [5.74, 6) is 0.0265. The van der Waals surface area contributed by atoms with Crippen LogP contribution in [-0.2, 0) is 12.8 Å². The normalized spacial score (nSPS) is 13.8. The van der Waals surface area contributed by atoms with Crippen LogP contribution in [-0.4, -0.2) is 32.0 Å². The van der Waals surface area contributed by atoms with Crippen molar-refractivity contribution in [3.8, 4) is 0 Å². The Hall–Kier alpha value is -2.02.